The number of hydrogen-bond donors (Lipinski definition) is 0. The summed E-state index contributed by atoms with van der Waals surface area (Å²) < 4.78 is 0. The lowest BCUT2D eigenvalue weighted by molar-refractivity contribution is 0.102. The van der Waals surface area contributed by atoms with E-state index < -0.39 is 0 Å². The molecule has 104 valence electrons. The van der Waals surface area contributed by atoms with Crippen LogP contribution in [-0.4, -0.2) is 47.6 Å². The van der Waals surface area contributed by atoms with E-state index in [1.54, 1.807) is 0 Å². The zero-order valence-electron chi connectivity index (χ0n) is 11.6. The standard InChI is InChI=1S/C14H21ClN4/c1-10-8-16-14(15)17-13(10)19-7-5-12-11(9-19)4-3-6-18(12)2/h8,11-12H,3-7,9H2,1-2H3. The van der Waals surface area contributed by atoms with Crippen LogP contribution in [0.2, 0.25) is 5.28 Å². The third-order valence-corrected chi connectivity index (χ3v) is 4.74. The van der Waals surface area contributed by atoms with Gasteiger partial charge in [-0.05, 0) is 57.3 Å². The molecule has 0 aliphatic carbocycles. The van der Waals surface area contributed by atoms with Gasteiger partial charge in [0.15, 0.2) is 0 Å². The Morgan fingerprint density at radius 1 is 1.32 bits per heavy atom. The van der Waals surface area contributed by atoms with E-state index in [4.69, 9.17) is 11.6 Å². The van der Waals surface area contributed by atoms with Gasteiger partial charge in [-0.1, -0.05) is 0 Å². The first-order valence-corrected chi connectivity index (χ1v) is 7.47. The minimum absolute atomic E-state index is 0.350. The van der Waals surface area contributed by atoms with E-state index >= 15 is 0 Å². The highest BCUT2D eigenvalue weighted by Crippen LogP contribution is 2.32. The molecule has 1 aromatic rings. The first kappa shape index (κ1) is 13.1. The van der Waals surface area contributed by atoms with Crippen LogP contribution in [0.1, 0.15) is 24.8 Å². The lowest BCUT2D eigenvalue weighted by atomic mass is 9.84. The van der Waals surface area contributed by atoms with Crippen molar-refractivity contribution in [3.63, 3.8) is 0 Å². The van der Waals surface area contributed by atoms with Gasteiger partial charge in [0, 0.05) is 30.9 Å². The minimum Gasteiger partial charge on any atom is -0.356 e. The topological polar surface area (TPSA) is 32.3 Å². The number of halogens is 1. The van der Waals surface area contributed by atoms with Crippen molar-refractivity contribution in [1.29, 1.82) is 0 Å². The van der Waals surface area contributed by atoms with Crippen LogP contribution in [0.25, 0.3) is 0 Å². The SMILES string of the molecule is Cc1cnc(Cl)nc1N1CCC2C(CCCN2C)C1. The van der Waals surface area contributed by atoms with Crippen LogP contribution in [-0.2, 0) is 0 Å². The highest BCUT2D eigenvalue weighted by molar-refractivity contribution is 6.28. The summed E-state index contributed by atoms with van der Waals surface area (Å²) in [5, 5.41) is 0.350. The van der Waals surface area contributed by atoms with Crippen molar-refractivity contribution in [2.75, 3.05) is 31.6 Å². The molecular formula is C14H21ClN4. The summed E-state index contributed by atoms with van der Waals surface area (Å²) in [5.41, 5.74) is 1.12. The highest BCUT2D eigenvalue weighted by atomic mass is 35.5. The van der Waals surface area contributed by atoms with E-state index in [1.165, 1.54) is 25.8 Å². The van der Waals surface area contributed by atoms with Crippen LogP contribution >= 0.6 is 11.6 Å². The first-order chi connectivity index (χ1) is 9.15. The van der Waals surface area contributed by atoms with E-state index in [9.17, 15) is 0 Å². The summed E-state index contributed by atoms with van der Waals surface area (Å²) >= 11 is 5.94. The molecule has 2 fully saturated rings. The fourth-order valence-electron chi connectivity index (χ4n) is 3.58. The monoisotopic (exact) mass is 280 g/mol. The molecule has 0 radical (unpaired) electrons. The highest BCUT2D eigenvalue weighted by Gasteiger charge is 2.34. The smallest absolute Gasteiger partial charge is 0.224 e. The summed E-state index contributed by atoms with van der Waals surface area (Å²) in [6, 6.07) is 0.752. The largest absolute Gasteiger partial charge is 0.356 e. The second kappa shape index (κ2) is 5.25. The molecule has 0 spiro atoms. The van der Waals surface area contributed by atoms with Crippen LogP contribution < -0.4 is 4.90 Å². The Balaban J connectivity index is 1.79. The van der Waals surface area contributed by atoms with Crippen molar-refractivity contribution in [2.24, 2.45) is 5.92 Å². The van der Waals surface area contributed by atoms with Gasteiger partial charge >= 0.3 is 0 Å². The van der Waals surface area contributed by atoms with E-state index in [0.717, 1.165) is 36.4 Å². The molecule has 0 N–H and O–H groups in total. The molecule has 0 amide bonds. The Kier molecular flexibility index (Phi) is 3.63. The van der Waals surface area contributed by atoms with Crippen LogP contribution in [0.15, 0.2) is 6.20 Å². The van der Waals surface area contributed by atoms with Gasteiger partial charge < -0.3 is 9.80 Å². The number of fused-ring (bicyclic) bond motifs is 1. The van der Waals surface area contributed by atoms with E-state index in [0.29, 0.717) is 5.28 Å². The van der Waals surface area contributed by atoms with E-state index in [-0.39, 0.29) is 0 Å². The average Bonchev–Trinajstić information content (AvgIpc) is 2.41. The Bertz CT molecular complexity index is 465. The maximum atomic E-state index is 5.94. The van der Waals surface area contributed by atoms with Gasteiger partial charge in [0.25, 0.3) is 0 Å². The van der Waals surface area contributed by atoms with Crippen molar-refractivity contribution < 1.29 is 0 Å². The maximum absolute atomic E-state index is 5.94. The third-order valence-electron chi connectivity index (χ3n) is 4.56. The second-order valence-corrected chi connectivity index (χ2v) is 6.17. The van der Waals surface area contributed by atoms with E-state index in [2.05, 4.69) is 33.7 Å². The lowest BCUT2D eigenvalue weighted by Gasteiger charge is -2.46. The predicted octanol–water partition coefficient (Wildman–Crippen LogP) is 2.36. The molecule has 0 bridgehead atoms. The predicted molar refractivity (Wildman–Crippen MR) is 77.8 cm³/mol. The number of hydrogen-bond acceptors (Lipinski definition) is 4. The molecule has 0 aromatic carbocycles. The molecule has 1 aromatic heterocycles. The third kappa shape index (κ3) is 2.56. The number of rotatable bonds is 1. The van der Waals surface area contributed by atoms with Crippen molar-refractivity contribution in [1.82, 2.24) is 14.9 Å². The fourth-order valence-corrected chi connectivity index (χ4v) is 3.71. The zero-order valence-corrected chi connectivity index (χ0v) is 12.4. The Morgan fingerprint density at radius 2 is 2.16 bits per heavy atom. The molecule has 3 heterocycles. The van der Waals surface area contributed by atoms with Crippen LogP contribution in [0.4, 0.5) is 5.82 Å². The van der Waals surface area contributed by atoms with Gasteiger partial charge in [-0.2, -0.15) is 0 Å². The van der Waals surface area contributed by atoms with Crippen molar-refractivity contribution in [3.05, 3.63) is 17.0 Å². The van der Waals surface area contributed by atoms with Gasteiger partial charge in [0.2, 0.25) is 5.28 Å². The second-order valence-electron chi connectivity index (χ2n) is 5.83. The number of nitrogens with zero attached hydrogens (tertiary/aromatic N) is 4. The van der Waals surface area contributed by atoms with Crippen molar-refractivity contribution >= 4 is 17.4 Å². The zero-order chi connectivity index (χ0) is 13.4. The molecule has 3 rings (SSSR count). The van der Waals surface area contributed by atoms with Gasteiger partial charge in [0.05, 0.1) is 0 Å². The molecule has 2 saturated heterocycles. The number of piperidine rings is 2. The van der Waals surface area contributed by atoms with Gasteiger partial charge in [-0.25, -0.2) is 9.97 Å². The summed E-state index contributed by atoms with van der Waals surface area (Å²) in [5.74, 6) is 1.78. The number of likely N-dealkylation sites (tertiary alicyclic amines) is 1. The molecule has 19 heavy (non-hydrogen) atoms. The first-order valence-electron chi connectivity index (χ1n) is 7.09. The normalized spacial score (nSPS) is 28.3. The average molecular weight is 281 g/mol. The van der Waals surface area contributed by atoms with Crippen LogP contribution in [0.5, 0.6) is 0 Å². The van der Waals surface area contributed by atoms with Crippen LogP contribution in [0.3, 0.4) is 0 Å². The Labute approximate surface area is 119 Å². The summed E-state index contributed by atoms with van der Waals surface area (Å²) in [6.07, 6.45) is 5.70. The molecule has 2 unspecified atom stereocenters. The molecular weight excluding hydrogens is 260 g/mol. The van der Waals surface area contributed by atoms with Crippen molar-refractivity contribution in [2.45, 2.75) is 32.2 Å². The Hall–Kier alpha value is -0.870. The molecule has 0 saturated carbocycles. The summed E-state index contributed by atoms with van der Waals surface area (Å²) in [4.78, 5) is 13.4. The molecule has 2 atom stereocenters. The maximum Gasteiger partial charge on any atom is 0.224 e. The number of aryl methyl sites for hydroxylation is 1. The summed E-state index contributed by atoms with van der Waals surface area (Å²) in [6.45, 7) is 5.48. The summed E-state index contributed by atoms with van der Waals surface area (Å²) in [7, 11) is 2.26. The molecule has 4 nitrogen and oxygen atoms in total. The molecule has 2 aliphatic rings. The van der Waals surface area contributed by atoms with Gasteiger partial charge in [0.1, 0.15) is 5.82 Å². The van der Waals surface area contributed by atoms with E-state index in [1.807, 2.05) is 6.20 Å². The molecule has 5 heteroatoms. The Morgan fingerprint density at radius 3 is 3.00 bits per heavy atom. The quantitative estimate of drug-likeness (QED) is 0.739. The number of anilines is 1. The molecule has 2 aliphatic heterocycles. The van der Waals surface area contributed by atoms with Crippen molar-refractivity contribution in [3.8, 4) is 0 Å². The fraction of sp³-hybridized carbons (Fsp3) is 0.714. The van der Waals surface area contributed by atoms with Gasteiger partial charge in [-0.3, -0.25) is 0 Å². The lowest BCUT2D eigenvalue weighted by Crippen LogP contribution is -2.53. The van der Waals surface area contributed by atoms with Crippen LogP contribution in [0, 0.1) is 12.8 Å². The van der Waals surface area contributed by atoms with Gasteiger partial charge in [-0.15, -0.1) is 0 Å². The number of aromatic nitrogens is 2. The minimum atomic E-state index is 0.350.